The molecule has 1 nitrogen and oxygen atoms in total. The lowest BCUT2D eigenvalue weighted by atomic mass is 10.1. The summed E-state index contributed by atoms with van der Waals surface area (Å²) >= 11 is 0. The van der Waals surface area contributed by atoms with E-state index in [9.17, 15) is 0 Å². The van der Waals surface area contributed by atoms with Crippen molar-refractivity contribution in [2.45, 2.75) is 6.42 Å². The van der Waals surface area contributed by atoms with Crippen LogP contribution in [-0.4, -0.2) is 31.7 Å². The molecule has 2 rings (SSSR count). The summed E-state index contributed by atoms with van der Waals surface area (Å²) in [7, 11) is 4.59. The first-order chi connectivity index (χ1) is 6.66. The molecule has 15 heavy (non-hydrogen) atoms. The number of hydrogen-bond donors (Lipinski definition) is 0. The van der Waals surface area contributed by atoms with Crippen LogP contribution in [0, 0.1) is 0 Å². The van der Waals surface area contributed by atoms with Crippen LogP contribution in [0.1, 0.15) is 12.0 Å². The second-order valence-corrected chi connectivity index (χ2v) is 4.78. The van der Waals surface area contributed by atoms with Crippen molar-refractivity contribution >= 4 is 6.08 Å². The number of likely N-dealkylation sites (N-methyl/N-ethyl adjacent to an activating group) is 1. The SMILES string of the molecule is C[N+]1(C)CC/C(=C\c2ccccc2)C1.[Br-]. The van der Waals surface area contributed by atoms with E-state index in [1.165, 1.54) is 25.1 Å². The largest absolute Gasteiger partial charge is 1.00 e. The fourth-order valence-electron chi connectivity index (χ4n) is 2.06. The van der Waals surface area contributed by atoms with Crippen molar-refractivity contribution in [1.82, 2.24) is 0 Å². The summed E-state index contributed by atoms with van der Waals surface area (Å²) in [6.07, 6.45) is 3.59. The summed E-state index contributed by atoms with van der Waals surface area (Å²) in [5.41, 5.74) is 2.92. The molecule has 0 saturated carbocycles. The second-order valence-electron chi connectivity index (χ2n) is 4.78. The number of quaternary nitrogens is 1. The molecule has 1 aliphatic rings. The first-order valence-electron chi connectivity index (χ1n) is 5.22. The number of likely N-dealkylation sites (tertiary alicyclic amines) is 1. The zero-order chi connectivity index (χ0) is 10.0. The van der Waals surface area contributed by atoms with E-state index < -0.39 is 0 Å². The van der Waals surface area contributed by atoms with E-state index in [4.69, 9.17) is 0 Å². The highest BCUT2D eigenvalue weighted by Gasteiger charge is 2.24. The monoisotopic (exact) mass is 267 g/mol. The Bertz CT molecular complexity index is 341. The third-order valence-electron chi connectivity index (χ3n) is 2.84. The number of benzene rings is 1. The van der Waals surface area contributed by atoms with Gasteiger partial charge < -0.3 is 21.5 Å². The minimum atomic E-state index is 0. The molecule has 0 bridgehead atoms. The molecule has 0 radical (unpaired) electrons. The van der Waals surface area contributed by atoms with Gasteiger partial charge in [-0.25, -0.2) is 0 Å². The van der Waals surface area contributed by atoms with Crippen molar-refractivity contribution in [3.8, 4) is 0 Å². The van der Waals surface area contributed by atoms with E-state index in [1.807, 2.05) is 0 Å². The third kappa shape index (κ3) is 3.47. The molecule has 0 amide bonds. The lowest BCUT2D eigenvalue weighted by Gasteiger charge is -2.21. The molecule has 1 saturated heterocycles. The van der Waals surface area contributed by atoms with Crippen LogP contribution in [0.15, 0.2) is 35.9 Å². The third-order valence-corrected chi connectivity index (χ3v) is 2.84. The first kappa shape index (κ1) is 12.5. The van der Waals surface area contributed by atoms with Crippen LogP contribution in [-0.2, 0) is 0 Å². The Labute approximate surface area is 103 Å². The second kappa shape index (κ2) is 4.95. The van der Waals surface area contributed by atoms with Crippen LogP contribution in [0.25, 0.3) is 6.08 Å². The maximum atomic E-state index is 2.34. The lowest BCUT2D eigenvalue weighted by molar-refractivity contribution is -0.875. The average molecular weight is 268 g/mol. The Hall–Kier alpha value is -0.600. The molecule has 1 aromatic carbocycles. The molecule has 0 atom stereocenters. The first-order valence-corrected chi connectivity index (χ1v) is 5.22. The summed E-state index contributed by atoms with van der Waals surface area (Å²) in [6.45, 7) is 2.48. The van der Waals surface area contributed by atoms with Gasteiger partial charge in [-0.1, -0.05) is 30.3 Å². The quantitative estimate of drug-likeness (QED) is 0.606. The highest BCUT2D eigenvalue weighted by Crippen LogP contribution is 2.21. The summed E-state index contributed by atoms with van der Waals surface area (Å²) in [4.78, 5) is 0. The summed E-state index contributed by atoms with van der Waals surface area (Å²) in [6, 6.07) is 10.6. The van der Waals surface area contributed by atoms with Crippen molar-refractivity contribution in [1.29, 1.82) is 0 Å². The predicted molar refractivity (Wildman–Crippen MR) is 60.9 cm³/mol. The van der Waals surface area contributed by atoms with Crippen LogP contribution in [0.2, 0.25) is 0 Å². The predicted octanol–water partition coefficient (Wildman–Crippen LogP) is -0.446. The summed E-state index contributed by atoms with van der Waals surface area (Å²) in [5.74, 6) is 0. The number of hydrogen-bond acceptors (Lipinski definition) is 0. The van der Waals surface area contributed by atoms with Gasteiger partial charge in [0, 0.05) is 6.42 Å². The topological polar surface area (TPSA) is 0 Å². The van der Waals surface area contributed by atoms with E-state index in [2.05, 4.69) is 50.5 Å². The van der Waals surface area contributed by atoms with Gasteiger partial charge >= 0.3 is 0 Å². The number of rotatable bonds is 1. The molecule has 1 aliphatic heterocycles. The van der Waals surface area contributed by atoms with Gasteiger partial charge in [-0.3, -0.25) is 0 Å². The van der Waals surface area contributed by atoms with Gasteiger partial charge in [-0.15, -0.1) is 0 Å². The smallest absolute Gasteiger partial charge is 0.100 e. The van der Waals surface area contributed by atoms with E-state index in [1.54, 1.807) is 5.57 Å². The van der Waals surface area contributed by atoms with Crippen molar-refractivity contribution in [3.05, 3.63) is 41.5 Å². The van der Waals surface area contributed by atoms with Crippen molar-refractivity contribution in [2.75, 3.05) is 27.2 Å². The van der Waals surface area contributed by atoms with Crippen molar-refractivity contribution < 1.29 is 21.5 Å². The van der Waals surface area contributed by atoms with E-state index >= 15 is 0 Å². The molecular formula is C13H18BrN. The normalized spacial score (nSPS) is 21.3. The molecule has 0 aliphatic carbocycles. The summed E-state index contributed by atoms with van der Waals surface area (Å²) in [5, 5.41) is 0. The highest BCUT2D eigenvalue weighted by molar-refractivity contribution is 5.53. The zero-order valence-corrected chi connectivity index (χ0v) is 11.0. The van der Waals surface area contributed by atoms with Gasteiger partial charge in [0.25, 0.3) is 0 Å². The van der Waals surface area contributed by atoms with Gasteiger partial charge in [0.05, 0.1) is 20.6 Å². The average Bonchev–Trinajstić information content (AvgIpc) is 2.47. The Balaban J connectivity index is 0.00000112. The lowest BCUT2D eigenvalue weighted by Crippen LogP contribution is -3.00. The minimum absolute atomic E-state index is 0. The highest BCUT2D eigenvalue weighted by atomic mass is 79.9. The Morgan fingerprint density at radius 2 is 1.80 bits per heavy atom. The molecule has 0 unspecified atom stereocenters. The van der Waals surface area contributed by atoms with Gasteiger partial charge in [0.2, 0.25) is 0 Å². The van der Waals surface area contributed by atoms with E-state index in [-0.39, 0.29) is 17.0 Å². The fraction of sp³-hybridized carbons (Fsp3) is 0.385. The van der Waals surface area contributed by atoms with Crippen LogP contribution in [0.4, 0.5) is 0 Å². The molecule has 2 heteroatoms. The molecular weight excluding hydrogens is 250 g/mol. The minimum Gasteiger partial charge on any atom is -1.00 e. The van der Waals surface area contributed by atoms with Crippen LogP contribution >= 0.6 is 0 Å². The van der Waals surface area contributed by atoms with Crippen molar-refractivity contribution in [2.24, 2.45) is 0 Å². The molecule has 82 valence electrons. The Morgan fingerprint density at radius 1 is 1.13 bits per heavy atom. The van der Waals surface area contributed by atoms with Crippen LogP contribution in [0.5, 0.6) is 0 Å². The van der Waals surface area contributed by atoms with E-state index in [0.717, 1.165) is 4.48 Å². The van der Waals surface area contributed by atoms with Gasteiger partial charge in [0.15, 0.2) is 0 Å². The van der Waals surface area contributed by atoms with Crippen LogP contribution < -0.4 is 17.0 Å². The van der Waals surface area contributed by atoms with Gasteiger partial charge in [-0.05, 0) is 17.2 Å². The Kier molecular flexibility index (Phi) is 4.12. The van der Waals surface area contributed by atoms with E-state index in [0.29, 0.717) is 0 Å². The Morgan fingerprint density at radius 3 is 2.33 bits per heavy atom. The molecule has 1 aromatic rings. The molecule has 0 spiro atoms. The molecule has 1 heterocycles. The molecule has 0 aromatic heterocycles. The standard InChI is InChI=1S/C13H18N.BrH/c1-14(2)9-8-13(11-14)10-12-6-4-3-5-7-12;/h3-7,10H,8-9,11H2,1-2H3;1H/q+1;/p-1/b13-10+;. The van der Waals surface area contributed by atoms with Gasteiger partial charge in [-0.2, -0.15) is 0 Å². The van der Waals surface area contributed by atoms with Crippen LogP contribution in [0.3, 0.4) is 0 Å². The molecule has 0 N–H and O–H groups in total. The summed E-state index contributed by atoms with van der Waals surface area (Å²) < 4.78 is 1.14. The maximum absolute atomic E-state index is 2.34. The van der Waals surface area contributed by atoms with Gasteiger partial charge in [0.1, 0.15) is 6.54 Å². The van der Waals surface area contributed by atoms with Crippen molar-refractivity contribution in [3.63, 3.8) is 0 Å². The number of nitrogens with zero attached hydrogens (tertiary/aromatic N) is 1. The maximum Gasteiger partial charge on any atom is 0.100 e. The number of halogens is 1. The fourth-order valence-corrected chi connectivity index (χ4v) is 2.06. The zero-order valence-electron chi connectivity index (χ0n) is 9.41. The molecule has 1 fully saturated rings.